The summed E-state index contributed by atoms with van der Waals surface area (Å²) in [4.78, 5) is 30.5. The van der Waals surface area contributed by atoms with Gasteiger partial charge in [0.2, 0.25) is 11.2 Å². The Morgan fingerprint density at radius 2 is 2.11 bits per heavy atom. The first-order chi connectivity index (χ1) is 8.58. The largest absolute Gasteiger partial charge is 0.481 e. The zero-order chi connectivity index (χ0) is 13.1. The predicted octanol–water partition coefficient (Wildman–Crippen LogP) is 1.57. The van der Waals surface area contributed by atoms with Gasteiger partial charge in [0.05, 0.1) is 11.8 Å². The second-order valence-electron chi connectivity index (χ2n) is 4.18. The van der Waals surface area contributed by atoms with E-state index in [-0.39, 0.29) is 17.0 Å². The molecule has 2 N–H and O–H groups in total. The SMILES string of the molecule is O=C(O)C1CCCC1C(=O)Nc1ccnc(Cl)n1. The van der Waals surface area contributed by atoms with E-state index in [2.05, 4.69) is 15.3 Å². The maximum absolute atomic E-state index is 12.0. The van der Waals surface area contributed by atoms with Crippen molar-refractivity contribution in [2.24, 2.45) is 11.8 Å². The van der Waals surface area contributed by atoms with Gasteiger partial charge in [0.25, 0.3) is 0 Å². The Morgan fingerprint density at radius 1 is 1.39 bits per heavy atom. The maximum atomic E-state index is 12.0. The normalized spacial score (nSPS) is 22.7. The van der Waals surface area contributed by atoms with E-state index >= 15 is 0 Å². The highest BCUT2D eigenvalue weighted by Crippen LogP contribution is 2.32. The van der Waals surface area contributed by atoms with Crippen molar-refractivity contribution in [2.75, 3.05) is 5.32 Å². The molecule has 1 aliphatic rings. The van der Waals surface area contributed by atoms with Crippen molar-refractivity contribution in [2.45, 2.75) is 19.3 Å². The van der Waals surface area contributed by atoms with Crippen LogP contribution in [0.2, 0.25) is 5.28 Å². The van der Waals surface area contributed by atoms with E-state index in [9.17, 15) is 9.59 Å². The van der Waals surface area contributed by atoms with Crippen LogP contribution in [0.15, 0.2) is 12.3 Å². The molecule has 0 aromatic carbocycles. The Balaban J connectivity index is 2.06. The molecule has 0 radical (unpaired) electrons. The average molecular weight is 270 g/mol. The zero-order valence-electron chi connectivity index (χ0n) is 9.47. The fourth-order valence-corrected chi connectivity index (χ4v) is 2.34. The molecule has 18 heavy (non-hydrogen) atoms. The van der Waals surface area contributed by atoms with Crippen LogP contribution in [0.3, 0.4) is 0 Å². The summed E-state index contributed by atoms with van der Waals surface area (Å²) < 4.78 is 0. The smallest absolute Gasteiger partial charge is 0.307 e. The molecule has 1 heterocycles. The number of carbonyl (C=O) groups excluding carboxylic acids is 1. The van der Waals surface area contributed by atoms with Gasteiger partial charge in [0.15, 0.2) is 0 Å². The van der Waals surface area contributed by atoms with Crippen LogP contribution in [-0.4, -0.2) is 27.0 Å². The van der Waals surface area contributed by atoms with Crippen LogP contribution in [0.4, 0.5) is 5.82 Å². The number of anilines is 1. The molecule has 96 valence electrons. The average Bonchev–Trinajstić information content (AvgIpc) is 2.77. The minimum atomic E-state index is -0.923. The molecule has 2 atom stereocenters. The topological polar surface area (TPSA) is 92.2 Å². The van der Waals surface area contributed by atoms with Crippen molar-refractivity contribution < 1.29 is 14.7 Å². The van der Waals surface area contributed by atoms with Crippen molar-refractivity contribution in [3.63, 3.8) is 0 Å². The predicted molar refractivity (Wildman–Crippen MR) is 64.1 cm³/mol. The first-order valence-electron chi connectivity index (χ1n) is 5.60. The van der Waals surface area contributed by atoms with E-state index < -0.39 is 17.8 Å². The highest BCUT2D eigenvalue weighted by atomic mass is 35.5. The van der Waals surface area contributed by atoms with E-state index in [4.69, 9.17) is 16.7 Å². The van der Waals surface area contributed by atoms with Crippen LogP contribution < -0.4 is 5.32 Å². The Kier molecular flexibility index (Phi) is 3.76. The van der Waals surface area contributed by atoms with E-state index in [1.54, 1.807) is 0 Å². The molecular weight excluding hydrogens is 258 g/mol. The van der Waals surface area contributed by atoms with Gasteiger partial charge in [-0.1, -0.05) is 6.42 Å². The number of hydrogen-bond acceptors (Lipinski definition) is 4. The number of aliphatic carboxylic acids is 1. The summed E-state index contributed by atoms with van der Waals surface area (Å²) in [6.07, 6.45) is 3.30. The van der Waals surface area contributed by atoms with Crippen LogP contribution in [0.1, 0.15) is 19.3 Å². The molecule has 0 bridgehead atoms. The number of rotatable bonds is 3. The first-order valence-corrected chi connectivity index (χ1v) is 5.98. The van der Waals surface area contributed by atoms with Crippen molar-refractivity contribution in [3.8, 4) is 0 Å². The Bertz CT molecular complexity index is 480. The molecule has 0 spiro atoms. The van der Waals surface area contributed by atoms with E-state index in [1.807, 2.05) is 0 Å². The minimum absolute atomic E-state index is 0.0361. The lowest BCUT2D eigenvalue weighted by atomic mass is 9.95. The van der Waals surface area contributed by atoms with Crippen molar-refractivity contribution in [3.05, 3.63) is 17.5 Å². The molecule has 1 aliphatic carbocycles. The van der Waals surface area contributed by atoms with Crippen LogP contribution in [0.5, 0.6) is 0 Å². The van der Waals surface area contributed by atoms with Gasteiger partial charge in [-0.05, 0) is 30.5 Å². The Hall–Kier alpha value is -1.69. The number of aromatic nitrogens is 2. The lowest BCUT2D eigenvalue weighted by Gasteiger charge is -2.14. The maximum Gasteiger partial charge on any atom is 0.307 e. The second-order valence-corrected chi connectivity index (χ2v) is 4.52. The molecule has 6 nitrogen and oxygen atoms in total. The molecule has 2 rings (SSSR count). The third-order valence-corrected chi connectivity index (χ3v) is 3.23. The number of carbonyl (C=O) groups is 2. The summed E-state index contributed by atoms with van der Waals surface area (Å²) in [7, 11) is 0. The number of hydrogen-bond donors (Lipinski definition) is 2. The van der Waals surface area contributed by atoms with E-state index in [0.717, 1.165) is 6.42 Å². The van der Waals surface area contributed by atoms with Crippen molar-refractivity contribution in [1.82, 2.24) is 9.97 Å². The molecule has 0 aliphatic heterocycles. The number of halogens is 1. The molecule has 1 aromatic heterocycles. The quantitative estimate of drug-likeness (QED) is 0.813. The monoisotopic (exact) mass is 269 g/mol. The van der Waals surface area contributed by atoms with Gasteiger partial charge in [-0.15, -0.1) is 0 Å². The van der Waals surface area contributed by atoms with Gasteiger partial charge in [-0.25, -0.2) is 9.97 Å². The van der Waals surface area contributed by atoms with Gasteiger partial charge < -0.3 is 10.4 Å². The summed E-state index contributed by atoms with van der Waals surface area (Å²) in [5, 5.41) is 11.6. The highest BCUT2D eigenvalue weighted by Gasteiger charge is 2.37. The van der Waals surface area contributed by atoms with Gasteiger partial charge in [-0.2, -0.15) is 0 Å². The molecule has 1 saturated carbocycles. The summed E-state index contributed by atoms with van der Waals surface area (Å²) in [6.45, 7) is 0. The van der Waals surface area contributed by atoms with Gasteiger partial charge in [0.1, 0.15) is 5.82 Å². The fraction of sp³-hybridized carbons (Fsp3) is 0.455. The van der Waals surface area contributed by atoms with Crippen LogP contribution >= 0.6 is 11.6 Å². The molecule has 7 heteroatoms. The molecular formula is C11H12ClN3O3. The summed E-state index contributed by atoms with van der Waals surface area (Å²) in [5.41, 5.74) is 0. The molecule has 0 saturated heterocycles. The van der Waals surface area contributed by atoms with Crippen LogP contribution in [-0.2, 0) is 9.59 Å². The first kappa shape index (κ1) is 12.8. The van der Waals surface area contributed by atoms with Gasteiger partial charge in [-0.3, -0.25) is 9.59 Å². The Morgan fingerprint density at radius 3 is 2.78 bits per heavy atom. The second kappa shape index (κ2) is 5.30. The summed E-state index contributed by atoms with van der Waals surface area (Å²) >= 11 is 5.60. The molecule has 1 fully saturated rings. The number of carboxylic acids is 1. The number of carboxylic acid groups (broad SMARTS) is 1. The fourth-order valence-electron chi connectivity index (χ4n) is 2.19. The third-order valence-electron chi connectivity index (χ3n) is 3.05. The van der Waals surface area contributed by atoms with Crippen LogP contribution in [0, 0.1) is 11.8 Å². The lowest BCUT2D eigenvalue weighted by Crippen LogP contribution is -2.30. The van der Waals surface area contributed by atoms with Gasteiger partial charge in [0, 0.05) is 6.20 Å². The number of nitrogens with one attached hydrogen (secondary N) is 1. The zero-order valence-corrected chi connectivity index (χ0v) is 10.2. The molecule has 2 unspecified atom stereocenters. The van der Waals surface area contributed by atoms with Crippen molar-refractivity contribution >= 4 is 29.3 Å². The molecule has 1 amide bonds. The number of nitrogens with zero attached hydrogens (tertiary/aromatic N) is 2. The summed E-state index contributed by atoms with van der Waals surface area (Å²) in [6, 6.07) is 1.51. The van der Waals surface area contributed by atoms with Crippen LogP contribution in [0.25, 0.3) is 0 Å². The summed E-state index contributed by atoms with van der Waals surface area (Å²) in [5.74, 6) is -2.07. The highest BCUT2D eigenvalue weighted by molar-refractivity contribution is 6.28. The lowest BCUT2D eigenvalue weighted by molar-refractivity contribution is -0.145. The Labute approximate surface area is 108 Å². The van der Waals surface area contributed by atoms with Gasteiger partial charge >= 0.3 is 5.97 Å². The van der Waals surface area contributed by atoms with E-state index in [1.165, 1.54) is 12.3 Å². The molecule has 1 aromatic rings. The third kappa shape index (κ3) is 2.76. The number of amides is 1. The minimum Gasteiger partial charge on any atom is -0.481 e. The van der Waals surface area contributed by atoms with E-state index in [0.29, 0.717) is 12.8 Å². The van der Waals surface area contributed by atoms with Crippen molar-refractivity contribution in [1.29, 1.82) is 0 Å². The standard InChI is InChI=1S/C11H12ClN3O3/c12-11-13-5-4-8(15-11)14-9(16)6-2-1-3-7(6)10(17)18/h4-7H,1-3H2,(H,17,18)(H,13,14,15,16).